The van der Waals surface area contributed by atoms with Crippen LogP contribution in [0.1, 0.15) is 17.0 Å². The van der Waals surface area contributed by atoms with Gasteiger partial charge in [-0.15, -0.1) is 0 Å². The number of amides is 1. The minimum Gasteiger partial charge on any atom is -0.325 e. The number of pyridine rings is 1. The second kappa shape index (κ2) is 7.31. The zero-order valence-electron chi connectivity index (χ0n) is 13.5. The average Bonchev–Trinajstić information content (AvgIpc) is 2.89. The van der Waals surface area contributed by atoms with Crippen LogP contribution in [0.2, 0.25) is 0 Å². The molecular formula is C18H18N4OS. The Kier molecular flexibility index (Phi) is 4.96. The van der Waals surface area contributed by atoms with Gasteiger partial charge in [0, 0.05) is 23.0 Å². The van der Waals surface area contributed by atoms with Gasteiger partial charge in [0.2, 0.25) is 5.91 Å². The van der Waals surface area contributed by atoms with Gasteiger partial charge in [-0.1, -0.05) is 30.0 Å². The van der Waals surface area contributed by atoms with E-state index < -0.39 is 0 Å². The van der Waals surface area contributed by atoms with Crippen LogP contribution < -0.4 is 5.32 Å². The number of carbonyl (C=O) groups excluding carboxylic acids is 1. The molecule has 0 radical (unpaired) electrons. The van der Waals surface area contributed by atoms with E-state index in [1.165, 1.54) is 0 Å². The molecule has 5 nitrogen and oxygen atoms in total. The number of aryl methyl sites for hydroxylation is 2. The maximum Gasteiger partial charge on any atom is 0.228 e. The van der Waals surface area contributed by atoms with Gasteiger partial charge in [0.1, 0.15) is 0 Å². The second-order valence-electron chi connectivity index (χ2n) is 5.45. The quantitative estimate of drug-likeness (QED) is 0.743. The van der Waals surface area contributed by atoms with Crippen molar-refractivity contribution in [3.05, 3.63) is 65.7 Å². The molecule has 0 spiro atoms. The number of hydrogen-bond acceptors (Lipinski definition) is 4. The van der Waals surface area contributed by atoms with Crippen LogP contribution >= 0.6 is 11.8 Å². The number of H-pyrrole nitrogens is 1. The van der Waals surface area contributed by atoms with Crippen molar-refractivity contribution >= 4 is 23.4 Å². The van der Waals surface area contributed by atoms with E-state index in [4.69, 9.17) is 0 Å². The average molecular weight is 338 g/mol. The lowest BCUT2D eigenvalue weighted by Crippen LogP contribution is -2.15. The molecule has 0 unspecified atom stereocenters. The summed E-state index contributed by atoms with van der Waals surface area (Å²) in [6.07, 6.45) is 3.71. The molecule has 2 N–H and O–H groups in total. The summed E-state index contributed by atoms with van der Waals surface area (Å²) < 4.78 is 0. The summed E-state index contributed by atoms with van der Waals surface area (Å²) in [7, 11) is 0. The van der Waals surface area contributed by atoms with E-state index >= 15 is 0 Å². The van der Waals surface area contributed by atoms with Crippen LogP contribution in [0.4, 0.5) is 5.69 Å². The molecule has 0 aliphatic rings. The van der Waals surface area contributed by atoms with Gasteiger partial charge in [-0.05, 0) is 37.6 Å². The largest absolute Gasteiger partial charge is 0.325 e. The van der Waals surface area contributed by atoms with Crippen LogP contribution in [0.5, 0.6) is 0 Å². The molecule has 0 fully saturated rings. The predicted molar refractivity (Wildman–Crippen MR) is 95.2 cm³/mol. The lowest BCUT2D eigenvalue weighted by Gasteiger charge is -2.11. The number of rotatable bonds is 5. The Bertz CT molecular complexity index is 826. The van der Waals surface area contributed by atoms with Crippen LogP contribution in [0, 0.1) is 13.8 Å². The highest BCUT2D eigenvalue weighted by molar-refractivity contribution is 7.99. The number of nitrogens with one attached hydrogen (secondary N) is 2. The van der Waals surface area contributed by atoms with Gasteiger partial charge < -0.3 is 5.32 Å². The third kappa shape index (κ3) is 3.83. The van der Waals surface area contributed by atoms with Crippen molar-refractivity contribution in [3.8, 4) is 0 Å². The molecule has 0 atom stereocenters. The normalized spacial score (nSPS) is 10.6. The fourth-order valence-electron chi connectivity index (χ4n) is 2.34. The van der Waals surface area contributed by atoms with E-state index in [9.17, 15) is 4.79 Å². The van der Waals surface area contributed by atoms with Gasteiger partial charge in [0.05, 0.1) is 22.7 Å². The zero-order chi connectivity index (χ0) is 16.9. The molecule has 0 saturated carbocycles. The molecule has 24 heavy (non-hydrogen) atoms. The van der Waals surface area contributed by atoms with Gasteiger partial charge in [-0.25, -0.2) is 0 Å². The van der Waals surface area contributed by atoms with Crippen molar-refractivity contribution < 1.29 is 4.79 Å². The van der Waals surface area contributed by atoms with E-state index in [0.29, 0.717) is 6.42 Å². The van der Waals surface area contributed by atoms with Crippen LogP contribution in [0.15, 0.2) is 58.6 Å². The first kappa shape index (κ1) is 16.3. The van der Waals surface area contributed by atoms with E-state index in [1.807, 2.05) is 50.2 Å². The minimum atomic E-state index is -0.0586. The number of aromatic nitrogens is 3. The van der Waals surface area contributed by atoms with Crippen LogP contribution in [0.3, 0.4) is 0 Å². The predicted octanol–water partition coefficient (Wildman–Crippen LogP) is 3.75. The molecule has 3 rings (SSSR count). The van der Waals surface area contributed by atoms with Crippen molar-refractivity contribution in [2.24, 2.45) is 0 Å². The molecule has 2 aromatic heterocycles. The summed E-state index contributed by atoms with van der Waals surface area (Å²) in [6.45, 7) is 3.96. The Balaban J connectivity index is 1.76. The van der Waals surface area contributed by atoms with Crippen molar-refractivity contribution in [2.45, 2.75) is 30.1 Å². The SMILES string of the molecule is Cc1n[nH]c(C)c1Sc1ccccc1NC(=O)Cc1cccnc1. The standard InChI is InChI=1S/C18H18N4OS/c1-12-18(13(2)22-21-12)24-16-8-4-3-7-15(16)20-17(23)10-14-6-5-9-19-11-14/h3-9,11H,10H2,1-2H3,(H,20,23)(H,21,22). The Morgan fingerprint density at radius 1 is 1.21 bits per heavy atom. The summed E-state index contributed by atoms with van der Waals surface area (Å²) in [5, 5.41) is 10.2. The van der Waals surface area contributed by atoms with Crippen molar-refractivity contribution in [1.29, 1.82) is 0 Å². The first-order valence-electron chi connectivity index (χ1n) is 7.60. The van der Waals surface area contributed by atoms with Gasteiger partial charge in [-0.3, -0.25) is 14.9 Å². The summed E-state index contributed by atoms with van der Waals surface area (Å²) >= 11 is 1.60. The first-order chi connectivity index (χ1) is 11.6. The Labute approximate surface area is 144 Å². The van der Waals surface area contributed by atoms with Crippen molar-refractivity contribution in [1.82, 2.24) is 15.2 Å². The third-order valence-electron chi connectivity index (χ3n) is 3.52. The Hall–Kier alpha value is -2.60. The fraction of sp³-hybridized carbons (Fsp3) is 0.167. The molecule has 1 aromatic carbocycles. The van der Waals surface area contributed by atoms with Crippen LogP contribution in [-0.2, 0) is 11.2 Å². The minimum absolute atomic E-state index is 0.0586. The molecule has 6 heteroatoms. The number of benzene rings is 1. The smallest absolute Gasteiger partial charge is 0.228 e. The van der Waals surface area contributed by atoms with E-state index in [-0.39, 0.29) is 5.91 Å². The lowest BCUT2D eigenvalue weighted by atomic mass is 10.2. The first-order valence-corrected chi connectivity index (χ1v) is 8.42. The monoisotopic (exact) mass is 338 g/mol. The second-order valence-corrected chi connectivity index (χ2v) is 6.50. The summed E-state index contributed by atoms with van der Waals surface area (Å²) in [4.78, 5) is 18.4. The Morgan fingerprint density at radius 2 is 2.04 bits per heavy atom. The highest BCUT2D eigenvalue weighted by atomic mass is 32.2. The van der Waals surface area contributed by atoms with Crippen LogP contribution in [-0.4, -0.2) is 21.1 Å². The van der Waals surface area contributed by atoms with Gasteiger partial charge in [0.15, 0.2) is 0 Å². The number of carbonyl (C=O) groups is 1. The number of nitrogens with zero attached hydrogens (tertiary/aromatic N) is 2. The topological polar surface area (TPSA) is 70.7 Å². The van der Waals surface area contributed by atoms with Gasteiger partial charge in [0.25, 0.3) is 0 Å². The molecule has 0 aliphatic heterocycles. The molecule has 122 valence electrons. The van der Waals surface area contributed by atoms with Crippen molar-refractivity contribution in [3.63, 3.8) is 0 Å². The third-order valence-corrected chi connectivity index (χ3v) is 4.90. The number of para-hydroxylation sites is 1. The summed E-state index contributed by atoms with van der Waals surface area (Å²) in [5.41, 5.74) is 3.67. The Morgan fingerprint density at radius 3 is 2.75 bits per heavy atom. The van der Waals surface area contributed by atoms with E-state index in [2.05, 4.69) is 20.5 Å². The van der Waals surface area contributed by atoms with E-state index in [0.717, 1.165) is 32.4 Å². The van der Waals surface area contributed by atoms with Gasteiger partial charge in [-0.2, -0.15) is 5.10 Å². The fourth-order valence-corrected chi connectivity index (χ4v) is 3.33. The maximum atomic E-state index is 12.3. The lowest BCUT2D eigenvalue weighted by molar-refractivity contribution is -0.115. The van der Waals surface area contributed by atoms with Gasteiger partial charge >= 0.3 is 0 Å². The molecule has 3 aromatic rings. The van der Waals surface area contributed by atoms with Crippen LogP contribution in [0.25, 0.3) is 0 Å². The summed E-state index contributed by atoms with van der Waals surface area (Å²) in [5.74, 6) is -0.0586. The summed E-state index contributed by atoms with van der Waals surface area (Å²) in [6, 6.07) is 11.5. The molecule has 0 aliphatic carbocycles. The molecule has 0 bridgehead atoms. The zero-order valence-corrected chi connectivity index (χ0v) is 14.4. The molecule has 2 heterocycles. The molecule has 1 amide bonds. The molecular weight excluding hydrogens is 320 g/mol. The van der Waals surface area contributed by atoms with E-state index in [1.54, 1.807) is 24.2 Å². The molecule has 0 saturated heterocycles. The number of anilines is 1. The highest BCUT2D eigenvalue weighted by Crippen LogP contribution is 2.36. The number of hydrogen-bond donors (Lipinski definition) is 2. The van der Waals surface area contributed by atoms with Crippen molar-refractivity contribution in [2.75, 3.05) is 5.32 Å². The maximum absolute atomic E-state index is 12.3. The number of aromatic amines is 1. The highest BCUT2D eigenvalue weighted by Gasteiger charge is 2.12.